The summed E-state index contributed by atoms with van der Waals surface area (Å²) in [6, 6.07) is 6.40. The maximum atomic E-state index is 11.1. The number of rotatable bonds is 3. The molecule has 0 saturated heterocycles. The molecule has 0 aliphatic rings. The Morgan fingerprint density at radius 3 is 2.35 bits per heavy atom. The molecule has 4 nitrogen and oxygen atoms in total. The zero-order valence-corrected chi connectivity index (χ0v) is 10.7. The van der Waals surface area contributed by atoms with E-state index in [-0.39, 0.29) is 4.90 Å². The molecule has 0 spiro atoms. The summed E-state index contributed by atoms with van der Waals surface area (Å²) in [5.74, 6) is 0. The third-order valence-corrected chi connectivity index (χ3v) is 3.80. The Bertz CT molecular complexity index is 617. The second-order valence-corrected chi connectivity index (χ2v) is 6.11. The highest BCUT2D eigenvalue weighted by atomic mass is 35.7. The van der Waals surface area contributed by atoms with Crippen LogP contribution in [0.3, 0.4) is 0 Å². The van der Waals surface area contributed by atoms with E-state index in [2.05, 4.69) is 5.10 Å². The lowest BCUT2D eigenvalue weighted by molar-refractivity contribution is 0.609. The number of hydrogen-bond acceptors (Lipinski definition) is 3. The Hall–Kier alpha value is -1.33. The summed E-state index contributed by atoms with van der Waals surface area (Å²) in [6.07, 6.45) is 3.65. The van der Waals surface area contributed by atoms with Crippen molar-refractivity contribution in [2.24, 2.45) is 0 Å². The Labute approximate surface area is 104 Å². The second kappa shape index (κ2) is 4.50. The third kappa shape index (κ3) is 2.68. The van der Waals surface area contributed by atoms with Gasteiger partial charge in [0.15, 0.2) is 0 Å². The molecule has 6 heteroatoms. The minimum absolute atomic E-state index is 0.103. The van der Waals surface area contributed by atoms with E-state index in [1.54, 1.807) is 18.3 Å². The minimum atomic E-state index is -3.65. The molecule has 90 valence electrons. The van der Waals surface area contributed by atoms with E-state index in [0.29, 0.717) is 0 Å². The van der Waals surface area contributed by atoms with Crippen molar-refractivity contribution in [2.75, 3.05) is 0 Å². The van der Waals surface area contributed by atoms with Gasteiger partial charge in [0.05, 0.1) is 11.1 Å². The Morgan fingerprint density at radius 1 is 1.24 bits per heavy atom. The van der Waals surface area contributed by atoms with Crippen molar-refractivity contribution in [1.82, 2.24) is 9.78 Å². The third-order valence-electron chi connectivity index (χ3n) is 2.43. The molecule has 2 rings (SSSR count). The van der Waals surface area contributed by atoms with Crippen molar-refractivity contribution in [1.29, 1.82) is 0 Å². The van der Waals surface area contributed by atoms with Gasteiger partial charge in [0.2, 0.25) is 0 Å². The molecule has 17 heavy (non-hydrogen) atoms. The van der Waals surface area contributed by atoms with Gasteiger partial charge < -0.3 is 0 Å². The van der Waals surface area contributed by atoms with Gasteiger partial charge in [-0.05, 0) is 24.6 Å². The zero-order chi connectivity index (χ0) is 12.5. The van der Waals surface area contributed by atoms with Crippen molar-refractivity contribution in [3.63, 3.8) is 0 Å². The lowest BCUT2D eigenvalue weighted by atomic mass is 10.1. The summed E-state index contributed by atoms with van der Waals surface area (Å²) in [4.78, 5) is 0.103. The van der Waals surface area contributed by atoms with Crippen LogP contribution in [0.4, 0.5) is 0 Å². The molecule has 0 aliphatic heterocycles. The van der Waals surface area contributed by atoms with Crippen molar-refractivity contribution in [2.45, 2.75) is 18.4 Å². The lowest BCUT2D eigenvalue weighted by Gasteiger charge is -1.99. The van der Waals surface area contributed by atoms with Gasteiger partial charge in [-0.15, -0.1) is 0 Å². The van der Waals surface area contributed by atoms with Crippen LogP contribution in [0.1, 0.15) is 6.92 Å². The fourth-order valence-electron chi connectivity index (χ4n) is 1.50. The number of benzene rings is 1. The van der Waals surface area contributed by atoms with Gasteiger partial charge in [-0.3, -0.25) is 4.68 Å². The number of aromatic nitrogens is 2. The van der Waals surface area contributed by atoms with Crippen LogP contribution in [-0.2, 0) is 15.6 Å². The summed E-state index contributed by atoms with van der Waals surface area (Å²) in [5.41, 5.74) is 1.86. The molecular weight excluding hydrogens is 260 g/mol. The number of hydrogen-bond donors (Lipinski definition) is 0. The van der Waals surface area contributed by atoms with Crippen molar-refractivity contribution in [3.05, 3.63) is 36.7 Å². The van der Waals surface area contributed by atoms with Crippen LogP contribution in [0, 0.1) is 0 Å². The Balaban J connectivity index is 2.35. The number of nitrogens with zero attached hydrogens (tertiary/aromatic N) is 2. The number of aryl methyl sites for hydroxylation is 1. The number of halogens is 1. The SMILES string of the molecule is CCn1cc(-c2ccc(S(=O)(=O)Cl)cc2)cn1. The van der Waals surface area contributed by atoms with Gasteiger partial charge in [-0.2, -0.15) is 5.10 Å². The fraction of sp³-hybridized carbons (Fsp3) is 0.182. The summed E-state index contributed by atoms with van der Waals surface area (Å²) in [6.45, 7) is 2.80. The summed E-state index contributed by atoms with van der Waals surface area (Å²) in [5, 5.41) is 4.15. The zero-order valence-electron chi connectivity index (χ0n) is 9.17. The lowest BCUT2D eigenvalue weighted by Crippen LogP contribution is -1.92. The first-order valence-electron chi connectivity index (χ1n) is 5.08. The quantitative estimate of drug-likeness (QED) is 0.805. The smallest absolute Gasteiger partial charge is 0.261 e. The second-order valence-electron chi connectivity index (χ2n) is 3.55. The fourth-order valence-corrected chi connectivity index (χ4v) is 2.27. The monoisotopic (exact) mass is 270 g/mol. The standard InChI is InChI=1S/C11H11ClN2O2S/c1-2-14-8-10(7-13-14)9-3-5-11(6-4-9)17(12,15)16/h3-8H,2H2,1H3. The van der Waals surface area contributed by atoms with Crippen LogP contribution < -0.4 is 0 Å². The van der Waals surface area contributed by atoms with E-state index < -0.39 is 9.05 Å². The van der Waals surface area contributed by atoms with E-state index in [1.165, 1.54) is 12.1 Å². The molecule has 0 atom stereocenters. The molecule has 0 fully saturated rings. The topological polar surface area (TPSA) is 52.0 Å². The summed E-state index contributed by atoms with van der Waals surface area (Å²) < 4.78 is 24.0. The van der Waals surface area contributed by atoms with Crippen molar-refractivity contribution < 1.29 is 8.42 Å². The first-order valence-corrected chi connectivity index (χ1v) is 7.39. The molecular formula is C11H11ClN2O2S. The van der Waals surface area contributed by atoms with Crippen LogP contribution in [0.15, 0.2) is 41.6 Å². The van der Waals surface area contributed by atoms with E-state index in [1.807, 2.05) is 17.8 Å². The molecule has 0 N–H and O–H groups in total. The molecule has 1 aromatic carbocycles. The molecule has 2 aromatic rings. The van der Waals surface area contributed by atoms with Crippen LogP contribution in [-0.4, -0.2) is 18.2 Å². The predicted molar refractivity (Wildman–Crippen MR) is 66.4 cm³/mol. The molecule has 1 heterocycles. The van der Waals surface area contributed by atoms with Crippen molar-refractivity contribution in [3.8, 4) is 11.1 Å². The minimum Gasteiger partial charge on any atom is -0.272 e. The first kappa shape index (κ1) is 12.1. The molecule has 0 radical (unpaired) electrons. The highest BCUT2D eigenvalue weighted by Gasteiger charge is 2.09. The normalized spacial score (nSPS) is 11.6. The summed E-state index contributed by atoms with van der Waals surface area (Å²) >= 11 is 0. The van der Waals surface area contributed by atoms with Gasteiger partial charge in [-0.25, -0.2) is 8.42 Å². The van der Waals surface area contributed by atoms with Gasteiger partial charge in [0, 0.05) is 29.0 Å². The largest absolute Gasteiger partial charge is 0.272 e. The van der Waals surface area contributed by atoms with Gasteiger partial charge in [0.25, 0.3) is 9.05 Å². The summed E-state index contributed by atoms with van der Waals surface area (Å²) in [7, 11) is 1.59. The van der Waals surface area contributed by atoms with Crippen LogP contribution in [0.25, 0.3) is 11.1 Å². The van der Waals surface area contributed by atoms with E-state index in [4.69, 9.17) is 10.7 Å². The van der Waals surface area contributed by atoms with Crippen LogP contribution in [0.5, 0.6) is 0 Å². The van der Waals surface area contributed by atoms with E-state index in [0.717, 1.165) is 17.7 Å². The average Bonchev–Trinajstić information content (AvgIpc) is 2.76. The Morgan fingerprint density at radius 2 is 1.88 bits per heavy atom. The van der Waals surface area contributed by atoms with Gasteiger partial charge in [-0.1, -0.05) is 12.1 Å². The maximum Gasteiger partial charge on any atom is 0.261 e. The average molecular weight is 271 g/mol. The maximum absolute atomic E-state index is 11.1. The highest BCUT2D eigenvalue weighted by molar-refractivity contribution is 8.13. The Kier molecular flexibility index (Phi) is 3.22. The molecule has 0 aliphatic carbocycles. The van der Waals surface area contributed by atoms with E-state index in [9.17, 15) is 8.42 Å². The van der Waals surface area contributed by atoms with Gasteiger partial charge in [0.1, 0.15) is 0 Å². The molecule has 1 aromatic heterocycles. The van der Waals surface area contributed by atoms with Crippen LogP contribution >= 0.6 is 10.7 Å². The van der Waals surface area contributed by atoms with Crippen LogP contribution in [0.2, 0.25) is 0 Å². The first-order chi connectivity index (χ1) is 8.00. The predicted octanol–water partition coefficient (Wildman–Crippen LogP) is 2.50. The van der Waals surface area contributed by atoms with Gasteiger partial charge >= 0.3 is 0 Å². The molecule has 0 amide bonds. The highest BCUT2D eigenvalue weighted by Crippen LogP contribution is 2.22. The molecule has 0 bridgehead atoms. The molecule has 0 unspecified atom stereocenters. The molecule has 0 saturated carbocycles. The van der Waals surface area contributed by atoms with Crippen molar-refractivity contribution >= 4 is 19.7 Å². The van der Waals surface area contributed by atoms with E-state index >= 15 is 0 Å².